The van der Waals surface area contributed by atoms with Gasteiger partial charge in [-0.1, -0.05) is 80.1 Å². The third kappa shape index (κ3) is 4.04. The monoisotopic (exact) mass is 582 g/mol. The van der Waals surface area contributed by atoms with E-state index >= 15 is 0 Å². The van der Waals surface area contributed by atoms with Crippen LogP contribution in [0.2, 0.25) is 0 Å². The Morgan fingerprint density at radius 2 is 1.00 bits per heavy atom. The van der Waals surface area contributed by atoms with Gasteiger partial charge in [0.25, 0.3) is 0 Å². The van der Waals surface area contributed by atoms with Crippen LogP contribution in [0.1, 0.15) is 22.3 Å². The van der Waals surface area contributed by atoms with Crippen LogP contribution in [-0.4, -0.2) is 13.2 Å². The predicted molar refractivity (Wildman–Crippen MR) is 148 cm³/mol. The lowest BCUT2D eigenvalue weighted by Gasteiger charge is -2.34. The highest BCUT2D eigenvalue weighted by Gasteiger charge is 2.46. The van der Waals surface area contributed by atoms with E-state index in [0.29, 0.717) is 0 Å². The van der Waals surface area contributed by atoms with Crippen LogP contribution in [0.5, 0.6) is 11.5 Å². The fourth-order valence-corrected chi connectivity index (χ4v) is 5.63. The molecule has 4 aromatic rings. The average molecular weight is 584 g/mol. The fourth-order valence-electron chi connectivity index (χ4n) is 4.91. The molecule has 0 radical (unpaired) electrons. The number of hydrogen-bond donors (Lipinski definition) is 0. The molecule has 0 saturated heterocycles. The van der Waals surface area contributed by atoms with Crippen molar-refractivity contribution in [3.05, 3.63) is 116 Å². The normalized spacial score (nSPS) is 12.7. The number of ether oxygens (including phenoxy) is 2. The van der Waals surface area contributed by atoms with E-state index in [1.165, 1.54) is 22.3 Å². The van der Waals surface area contributed by atoms with Crippen LogP contribution < -0.4 is 9.47 Å². The maximum atomic E-state index is 5.66. The van der Waals surface area contributed by atoms with E-state index < -0.39 is 5.41 Å². The van der Waals surface area contributed by atoms with E-state index in [1.807, 2.05) is 24.3 Å². The molecule has 4 heteroatoms. The minimum absolute atomic E-state index is 0.231. The topological polar surface area (TPSA) is 18.5 Å². The summed E-state index contributed by atoms with van der Waals surface area (Å²) in [6, 6.07) is 29.4. The number of rotatable bonds is 6. The summed E-state index contributed by atoms with van der Waals surface area (Å²) < 4.78 is 13.4. The Balaban J connectivity index is 1.79. The van der Waals surface area contributed by atoms with Crippen LogP contribution in [0.4, 0.5) is 0 Å². The summed E-state index contributed by atoms with van der Waals surface area (Å²) in [5.41, 5.74) is 6.52. The minimum Gasteiger partial charge on any atom is -0.481 e. The molecule has 2 nitrogen and oxygen atoms in total. The van der Waals surface area contributed by atoms with Gasteiger partial charge < -0.3 is 9.47 Å². The molecule has 170 valence electrons. The quantitative estimate of drug-likeness (QED) is 0.192. The highest BCUT2D eigenvalue weighted by atomic mass is 79.9. The van der Waals surface area contributed by atoms with Gasteiger partial charge in [-0.3, -0.25) is 0 Å². The van der Waals surface area contributed by atoms with E-state index in [2.05, 4.69) is 104 Å². The fraction of sp³-hybridized carbons (Fsp3) is 0.0968. The molecule has 5 rings (SSSR count). The zero-order valence-electron chi connectivity index (χ0n) is 18.7. The Morgan fingerprint density at radius 3 is 1.37 bits per heavy atom. The zero-order chi connectivity index (χ0) is 24.4. The van der Waals surface area contributed by atoms with Crippen LogP contribution in [-0.2, 0) is 5.41 Å². The molecule has 0 N–H and O–H groups in total. The van der Waals surface area contributed by atoms with Crippen molar-refractivity contribution in [1.29, 1.82) is 0 Å². The second-order valence-corrected chi connectivity index (χ2v) is 10.00. The van der Waals surface area contributed by atoms with Gasteiger partial charge in [0.05, 0.1) is 5.41 Å². The molecule has 0 amide bonds. The van der Waals surface area contributed by atoms with Crippen LogP contribution in [0.25, 0.3) is 11.1 Å². The van der Waals surface area contributed by atoms with Gasteiger partial charge in [-0.2, -0.15) is 0 Å². The smallest absolute Gasteiger partial charge is 0.148 e. The first-order chi connectivity index (χ1) is 17.1. The van der Waals surface area contributed by atoms with Crippen molar-refractivity contribution in [2.75, 3.05) is 13.2 Å². The van der Waals surface area contributed by atoms with Crippen LogP contribution >= 0.6 is 31.9 Å². The number of benzene rings is 4. The maximum absolute atomic E-state index is 5.66. The molecule has 0 aromatic heterocycles. The van der Waals surface area contributed by atoms with Crippen molar-refractivity contribution in [3.8, 4) is 47.3 Å². The Bertz CT molecular complexity index is 1360. The molecule has 1 aliphatic rings. The lowest BCUT2D eigenvalue weighted by molar-refractivity contribution is 0.370. The first-order valence-electron chi connectivity index (χ1n) is 11.0. The molecule has 0 atom stereocenters. The first kappa shape index (κ1) is 23.3. The Labute approximate surface area is 222 Å². The van der Waals surface area contributed by atoms with Gasteiger partial charge >= 0.3 is 0 Å². The predicted octanol–water partition coefficient (Wildman–Crippen LogP) is 7.60. The number of halogens is 2. The van der Waals surface area contributed by atoms with E-state index in [0.717, 1.165) is 31.6 Å². The molecule has 4 aromatic carbocycles. The van der Waals surface area contributed by atoms with E-state index in [1.54, 1.807) is 0 Å². The maximum Gasteiger partial charge on any atom is 0.148 e. The molecule has 0 heterocycles. The van der Waals surface area contributed by atoms with Crippen LogP contribution in [0.3, 0.4) is 0 Å². The molecular formula is C31H20Br2O2. The standard InChI is InChI=1S/C31H20Br2O2/c1-3-17-34-25-11-5-21(6-12-25)31(22-7-13-26(14-8-22)35-18-4-2)29-19-23(32)9-15-27(29)28-16-10-24(33)20-30(28)31/h1-2,5-16,19-20H,17-18H2. The Kier molecular flexibility index (Phi) is 6.44. The zero-order valence-corrected chi connectivity index (χ0v) is 21.9. The summed E-state index contributed by atoms with van der Waals surface area (Å²) in [7, 11) is 0. The Hall–Kier alpha value is -3.44. The van der Waals surface area contributed by atoms with Gasteiger partial charge in [0.2, 0.25) is 0 Å². The SMILES string of the molecule is C#CCOc1ccc(C2(c3ccc(OCC#C)cc3)c3cc(Br)ccc3-c3ccc(Br)cc32)cc1. The van der Waals surface area contributed by atoms with Gasteiger partial charge in [-0.15, -0.1) is 12.8 Å². The van der Waals surface area contributed by atoms with Crippen molar-refractivity contribution in [3.63, 3.8) is 0 Å². The Morgan fingerprint density at radius 1 is 0.600 bits per heavy atom. The summed E-state index contributed by atoms with van der Waals surface area (Å²) in [6.07, 6.45) is 10.7. The summed E-state index contributed by atoms with van der Waals surface area (Å²) in [6.45, 7) is 0.463. The van der Waals surface area contributed by atoms with E-state index in [4.69, 9.17) is 22.3 Å². The number of fused-ring (bicyclic) bond motifs is 3. The molecule has 0 fully saturated rings. The van der Waals surface area contributed by atoms with Crippen molar-refractivity contribution in [2.24, 2.45) is 0 Å². The third-order valence-corrected chi connectivity index (χ3v) is 7.27. The van der Waals surface area contributed by atoms with E-state index in [9.17, 15) is 0 Å². The molecule has 0 aliphatic heterocycles. The average Bonchev–Trinajstić information content (AvgIpc) is 3.16. The van der Waals surface area contributed by atoms with Crippen molar-refractivity contribution in [1.82, 2.24) is 0 Å². The summed E-state index contributed by atoms with van der Waals surface area (Å²) in [5, 5.41) is 0. The molecule has 1 aliphatic carbocycles. The first-order valence-corrected chi connectivity index (χ1v) is 12.6. The number of hydrogen-bond acceptors (Lipinski definition) is 2. The summed E-state index contributed by atoms with van der Waals surface area (Å²) in [5.74, 6) is 6.52. The van der Waals surface area contributed by atoms with Gasteiger partial charge in [-0.05, 0) is 81.9 Å². The van der Waals surface area contributed by atoms with Gasteiger partial charge in [0, 0.05) is 8.95 Å². The second kappa shape index (κ2) is 9.67. The number of terminal acetylenes is 2. The highest BCUT2D eigenvalue weighted by Crippen LogP contribution is 2.57. The van der Waals surface area contributed by atoms with Gasteiger partial charge in [0.15, 0.2) is 0 Å². The molecule has 0 spiro atoms. The molecular weight excluding hydrogens is 564 g/mol. The van der Waals surface area contributed by atoms with Gasteiger partial charge in [-0.25, -0.2) is 0 Å². The molecule has 35 heavy (non-hydrogen) atoms. The highest BCUT2D eigenvalue weighted by molar-refractivity contribution is 9.10. The lowest BCUT2D eigenvalue weighted by Crippen LogP contribution is -2.28. The summed E-state index contributed by atoms with van der Waals surface area (Å²) >= 11 is 7.43. The third-order valence-electron chi connectivity index (χ3n) is 6.28. The minimum atomic E-state index is -0.548. The van der Waals surface area contributed by atoms with Crippen molar-refractivity contribution >= 4 is 31.9 Å². The van der Waals surface area contributed by atoms with Crippen molar-refractivity contribution in [2.45, 2.75) is 5.41 Å². The largest absolute Gasteiger partial charge is 0.481 e. The van der Waals surface area contributed by atoms with Crippen LogP contribution in [0.15, 0.2) is 93.9 Å². The molecule has 0 bridgehead atoms. The molecule has 0 saturated carbocycles. The van der Waals surface area contributed by atoms with Gasteiger partial charge in [0.1, 0.15) is 24.7 Å². The lowest BCUT2D eigenvalue weighted by atomic mass is 9.67. The second-order valence-electron chi connectivity index (χ2n) is 8.16. The van der Waals surface area contributed by atoms with E-state index in [-0.39, 0.29) is 13.2 Å². The summed E-state index contributed by atoms with van der Waals surface area (Å²) in [4.78, 5) is 0. The van der Waals surface area contributed by atoms with Crippen LogP contribution in [0, 0.1) is 24.7 Å². The van der Waals surface area contributed by atoms with Crippen molar-refractivity contribution < 1.29 is 9.47 Å². The molecule has 0 unspecified atom stereocenters.